The van der Waals surface area contributed by atoms with Crippen LogP contribution in [0.3, 0.4) is 0 Å². The summed E-state index contributed by atoms with van der Waals surface area (Å²) in [5.74, 6) is -0.250. The van der Waals surface area contributed by atoms with E-state index in [0.29, 0.717) is 5.69 Å². The molecule has 0 aliphatic rings. The number of aryl methyl sites for hydroxylation is 1. The van der Waals surface area contributed by atoms with E-state index in [0.717, 1.165) is 17.7 Å². The molecule has 0 amide bonds. The quantitative estimate of drug-likeness (QED) is 0.900. The van der Waals surface area contributed by atoms with E-state index in [-0.39, 0.29) is 11.9 Å². The van der Waals surface area contributed by atoms with Gasteiger partial charge < -0.3 is 5.32 Å². The molecule has 0 spiro atoms. The molecule has 1 N–H and O–H groups in total. The summed E-state index contributed by atoms with van der Waals surface area (Å²) in [6.07, 6.45) is 3.56. The summed E-state index contributed by atoms with van der Waals surface area (Å²) in [5, 5.41) is 7.50. The number of hydrogen-bond acceptors (Lipinski definition) is 2. The molecule has 0 saturated carbocycles. The van der Waals surface area contributed by atoms with Crippen LogP contribution in [0.25, 0.3) is 5.69 Å². The van der Waals surface area contributed by atoms with E-state index in [9.17, 15) is 4.39 Å². The number of halogens is 1. The van der Waals surface area contributed by atoms with Crippen LogP contribution in [0.1, 0.15) is 31.0 Å². The van der Waals surface area contributed by atoms with Crippen LogP contribution < -0.4 is 5.32 Å². The SMILES string of the molecule is CCNC(C)c1cccc(F)c1-n1cc(C)cn1. The van der Waals surface area contributed by atoms with Crippen molar-refractivity contribution in [1.82, 2.24) is 15.1 Å². The average molecular weight is 247 g/mol. The molecular formula is C14H18FN3. The van der Waals surface area contributed by atoms with Gasteiger partial charge in [-0.2, -0.15) is 5.10 Å². The maximum absolute atomic E-state index is 14.1. The van der Waals surface area contributed by atoms with Gasteiger partial charge in [0.15, 0.2) is 0 Å². The second kappa shape index (κ2) is 5.31. The molecule has 2 rings (SSSR count). The summed E-state index contributed by atoms with van der Waals surface area (Å²) in [6, 6.07) is 5.22. The van der Waals surface area contributed by atoms with Crippen LogP contribution in [0.5, 0.6) is 0 Å². The molecule has 18 heavy (non-hydrogen) atoms. The molecule has 0 aliphatic heterocycles. The van der Waals surface area contributed by atoms with Crippen molar-refractivity contribution in [2.75, 3.05) is 6.54 Å². The van der Waals surface area contributed by atoms with Crippen molar-refractivity contribution in [3.63, 3.8) is 0 Å². The largest absolute Gasteiger partial charge is 0.310 e. The maximum atomic E-state index is 14.1. The predicted molar refractivity (Wildman–Crippen MR) is 70.4 cm³/mol. The Morgan fingerprint density at radius 2 is 2.22 bits per heavy atom. The molecule has 0 bridgehead atoms. The van der Waals surface area contributed by atoms with Gasteiger partial charge in [-0.25, -0.2) is 9.07 Å². The lowest BCUT2D eigenvalue weighted by molar-refractivity contribution is 0.569. The van der Waals surface area contributed by atoms with Gasteiger partial charge in [-0.1, -0.05) is 19.1 Å². The molecule has 0 aliphatic carbocycles. The lowest BCUT2D eigenvalue weighted by Gasteiger charge is -2.17. The van der Waals surface area contributed by atoms with E-state index in [1.54, 1.807) is 16.9 Å². The Labute approximate surface area is 107 Å². The Morgan fingerprint density at radius 3 is 2.83 bits per heavy atom. The smallest absolute Gasteiger partial charge is 0.149 e. The first-order chi connectivity index (χ1) is 8.63. The molecule has 1 atom stereocenters. The molecule has 4 heteroatoms. The van der Waals surface area contributed by atoms with Crippen LogP contribution in [-0.2, 0) is 0 Å². The van der Waals surface area contributed by atoms with Crippen molar-refractivity contribution in [2.45, 2.75) is 26.8 Å². The number of aromatic nitrogens is 2. The Hall–Kier alpha value is -1.68. The topological polar surface area (TPSA) is 29.9 Å². The monoisotopic (exact) mass is 247 g/mol. The van der Waals surface area contributed by atoms with Crippen molar-refractivity contribution < 1.29 is 4.39 Å². The summed E-state index contributed by atoms with van der Waals surface area (Å²) in [5.41, 5.74) is 2.46. The third-order valence-corrected chi connectivity index (χ3v) is 2.94. The number of para-hydroxylation sites is 1. The van der Waals surface area contributed by atoms with Gasteiger partial charge in [-0.15, -0.1) is 0 Å². The zero-order valence-corrected chi connectivity index (χ0v) is 10.9. The van der Waals surface area contributed by atoms with Gasteiger partial charge in [0.2, 0.25) is 0 Å². The number of nitrogens with one attached hydrogen (secondary N) is 1. The summed E-state index contributed by atoms with van der Waals surface area (Å²) in [6.45, 7) is 6.85. The molecule has 1 aromatic carbocycles. The zero-order valence-electron chi connectivity index (χ0n) is 10.9. The summed E-state index contributed by atoms with van der Waals surface area (Å²) < 4.78 is 15.7. The highest BCUT2D eigenvalue weighted by Crippen LogP contribution is 2.24. The van der Waals surface area contributed by atoms with Gasteiger partial charge >= 0.3 is 0 Å². The zero-order chi connectivity index (χ0) is 13.1. The highest BCUT2D eigenvalue weighted by Gasteiger charge is 2.15. The first kappa shape index (κ1) is 12.8. The van der Waals surface area contributed by atoms with Gasteiger partial charge in [-0.05, 0) is 37.6 Å². The van der Waals surface area contributed by atoms with Crippen LogP contribution in [-0.4, -0.2) is 16.3 Å². The Balaban J connectivity index is 2.51. The molecule has 1 heterocycles. The third-order valence-electron chi connectivity index (χ3n) is 2.94. The molecule has 2 aromatic rings. The lowest BCUT2D eigenvalue weighted by Crippen LogP contribution is -2.20. The normalized spacial score (nSPS) is 12.7. The number of rotatable bonds is 4. The molecular weight excluding hydrogens is 229 g/mol. The van der Waals surface area contributed by atoms with Gasteiger partial charge in [0.05, 0.1) is 6.20 Å². The highest BCUT2D eigenvalue weighted by molar-refractivity contribution is 5.43. The van der Waals surface area contributed by atoms with E-state index < -0.39 is 0 Å². The minimum Gasteiger partial charge on any atom is -0.310 e. The van der Waals surface area contributed by atoms with E-state index in [1.807, 2.05) is 33.0 Å². The van der Waals surface area contributed by atoms with Gasteiger partial charge in [0.25, 0.3) is 0 Å². The Morgan fingerprint density at radius 1 is 1.44 bits per heavy atom. The Kier molecular flexibility index (Phi) is 3.77. The van der Waals surface area contributed by atoms with Crippen molar-refractivity contribution >= 4 is 0 Å². The van der Waals surface area contributed by atoms with Crippen LogP contribution in [0, 0.1) is 12.7 Å². The van der Waals surface area contributed by atoms with Crippen molar-refractivity contribution in [3.05, 3.63) is 47.5 Å². The predicted octanol–water partition coefficient (Wildman–Crippen LogP) is 2.99. The third kappa shape index (κ3) is 2.43. The Bertz CT molecular complexity index is 534. The first-order valence-corrected chi connectivity index (χ1v) is 6.17. The van der Waals surface area contributed by atoms with Crippen LogP contribution in [0.4, 0.5) is 4.39 Å². The molecule has 3 nitrogen and oxygen atoms in total. The summed E-state index contributed by atoms with van der Waals surface area (Å²) in [7, 11) is 0. The molecule has 0 fully saturated rings. The van der Waals surface area contributed by atoms with E-state index in [1.165, 1.54) is 6.07 Å². The van der Waals surface area contributed by atoms with Crippen LogP contribution in [0.2, 0.25) is 0 Å². The number of benzene rings is 1. The molecule has 1 aromatic heterocycles. The number of nitrogens with zero attached hydrogens (tertiary/aromatic N) is 2. The fourth-order valence-electron chi connectivity index (χ4n) is 2.07. The van der Waals surface area contributed by atoms with E-state index >= 15 is 0 Å². The fraction of sp³-hybridized carbons (Fsp3) is 0.357. The van der Waals surface area contributed by atoms with Gasteiger partial charge in [0.1, 0.15) is 11.5 Å². The minimum atomic E-state index is -0.250. The molecule has 1 unspecified atom stereocenters. The van der Waals surface area contributed by atoms with E-state index in [2.05, 4.69) is 10.4 Å². The molecule has 96 valence electrons. The maximum Gasteiger partial charge on any atom is 0.149 e. The van der Waals surface area contributed by atoms with E-state index in [4.69, 9.17) is 0 Å². The van der Waals surface area contributed by atoms with Gasteiger partial charge in [0, 0.05) is 12.2 Å². The second-order valence-electron chi connectivity index (χ2n) is 4.42. The lowest BCUT2D eigenvalue weighted by atomic mass is 10.1. The average Bonchev–Trinajstić information content (AvgIpc) is 2.75. The standard InChI is InChI=1S/C14H18FN3/c1-4-16-11(3)12-6-5-7-13(15)14(12)18-9-10(2)8-17-18/h5-9,11,16H,4H2,1-3H3. The number of hydrogen-bond donors (Lipinski definition) is 1. The summed E-state index contributed by atoms with van der Waals surface area (Å²) >= 11 is 0. The minimum absolute atomic E-state index is 0.0882. The van der Waals surface area contributed by atoms with Crippen molar-refractivity contribution in [1.29, 1.82) is 0 Å². The van der Waals surface area contributed by atoms with Crippen LogP contribution in [0.15, 0.2) is 30.6 Å². The fourth-order valence-corrected chi connectivity index (χ4v) is 2.07. The van der Waals surface area contributed by atoms with Crippen molar-refractivity contribution in [2.24, 2.45) is 0 Å². The highest BCUT2D eigenvalue weighted by atomic mass is 19.1. The molecule has 0 saturated heterocycles. The second-order valence-corrected chi connectivity index (χ2v) is 4.42. The van der Waals surface area contributed by atoms with Crippen molar-refractivity contribution in [3.8, 4) is 5.69 Å². The van der Waals surface area contributed by atoms with Crippen LogP contribution >= 0.6 is 0 Å². The summed E-state index contributed by atoms with van der Waals surface area (Å²) in [4.78, 5) is 0. The molecule has 0 radical (unpaired) electrons. The van der Waals surface area contributed by atoms with Gasteiger partial charge in [-0.3, -0.25) is 0 Å². The first-order valence-electron chi connectivity index (χ1n) is 6.17.